The van der Waals surface area contributed by atoms with Crippen LogP contribution in [0.2, 0.25) is 0 Å². The van der Waals surface area contributed by atoms with Gasteiger partial charge in [0.05, 0.1) is 0 Å². The summed E-state index contributed by atoms with van der Waals surface area (Å²) >= 11 is 0. The number of carbonyl (C=O) groups excluding carboxylic acids is 2. The van der Waals surface area contributed by atoms with E-state index in [0.717, 1.165) is 32.6 Å². The number of hydrogen-bond acceptors (Lipinski definition) is 3. The average molecular weight is 246 g/mol. The topological polar surface area (TPSA) is 49.4 Å². The maximum Gasteiger partial charge on any atom is 0.253 e. The van der Waals surface area contributed by atoms with Gasteiger partial charge in [0.25, 0.3) is 5.91 Å². The maximum atomic E-state index is 12.3. The number of nitrogens with zero attached hydrogens (tertiary/aromatic N) is 1. The summed E-state index contributed by atoms with van der Waals surface area (Å²) in [6.45, 7) is 4.80. The first-order valence-electron chi connectivity index (χ1n) is 6.29. The van der Waals surface area contributed by atoms with Crippen molar-refractivity contribution >= 4 is 11.7 Å². The van der Waals surface area contributed by atoms with Crippen molar-refractivity contribution in [1.82, 2.24) is 10.2 Å². The molecule has 1 saturated heterocycles. The minimum absolute atomic E-state index is 0.0119. The first-order valence-corrected chi connectivity index (χ1v) is 6.29. The zero-order valence-electron chi connectivity index (χ0n) is 10.6. The van der Waals surface area contributed by atoms with Gasteiger partial charge in [-0.1, -0.05) is 12.1 Å². The van der Waals surface area contributed by atoms with Crippen molar-refractivity contribution in [1.29, 1.82) is 0 Å². The van der Waals surface area contributed by atoms with Crippen molar-refractivity contribution in [2.75, 3.05) is 26.2 Å². The van der Waals surface area contributed by atoms with Crippen molar-refractivity contribution < 1.29 is 9.59 Å². The van der Waals surface area contributed by atoms with Gasteiger partial charge in [-0.05, 0) is 32.0 Å². The standard InChI is InChI=1S/C14H18N2O2/c1-11(17)12-4-2-5-13(10-12)14(18)16-8-3-6-15-7-9-16/h2,4-5,10,15H,3,6-9H2,1H3. The average Bonchev–Trinajstić information content (AvgIpc) is 2.67. The van der Waals surface area contributed by atoms with E-state index in [9.17, 15) is 9.59 Å². The summed E-state index contributed by atoms with van der Waals surface area (Å²) in [5.41, 5.74) is 1.19. The lowest BCUT2D eigenvalue weighted by molar-refractivity contribution is 0.0766. The van der Waals surface area contributed by atoms with Gasteiger partial charge in [0.15, 0.2) is 5.78 Å². The molecule has 4 heteroatoms. The van der Waals surface area contributed by atoms with Gasteiger partial charge in [0, 0.05) is 30.8 Å². The van der Waals surface area contributed by atoms with Crippen LogP contribution in [0.5, 0.6) is 0 Å². The number of ketones is 1. The Morgan fingerprint density at radius 1 is 1.17 bits per heavy atom. The quantitative estimate of drug-likeness (QED) is 0.801. The summed E-state index contributed by atoms with van der Waals surface area (Å²) < 4.78 is 0. The second-order valence-electron chi connectivity index (χ2n) is 4.53. The fourth-order valence-corrected chi connectivity index (χ4v) is 2.10. The Balaban J connectivity index is 2.16. The van der Waals surface area contributed by atoms with E-state index in [4.69, 9.17) is 0 Å². The minimum atomic E-state index is -0.0119. The molecule has 96 valence electrons. The first kappa shape index (κ1) is 12.8. The molecule has 1 aromatic rings. The molecule has 1 amide bonds. The van der Waals surface area contributed by atoms with Gasteiger partial charge in [0.1, 0.15) is 0 Å². The third kappa shape index (κ3) is 2.96. The highest BCUT2D eigenvalue weighted by Gasteiger charge is 2.17. The van der Waals surface area contributed by atoms with Gasteiger partial charge in [-0.15, -0.1) is 0 Å². The molecular formula is C14H18N2O2. The van der Waals surface area contributed by atoms with Crippen molar-refractivity contribution in [3.63, 3.8) is 0 Å². The summed E-state index contributed by atoms with van der Waals surface area (Å²) in [4.78, 5) is 25.5. The number of carbonyl (C=O) groups is 2. The summed E-state index contributed by atoms with van der Waals surface area (Å²) in [5.74, 6) is 0.00369. The molecule has 1 aromatic carbocycles. The zero-order valence-corrected chi connectivity index (χ0v) is 10.6. The Bertz CT molecular complexity index is 449. The highest BCUT2D eigenvalue weighted by atomic mass is 16.2. The third-order valence-corrected chi connectivity index (χ3v) is 3.14. The largest absolute Gasteiger partial charge is 0.337 e. The molecule has 0 atom stereocenters. The van der Waals surface area contributed by atoms with Crippen LogP contribution in [0, 0.1) is 0 Å². The molecule has 1 heterocycles. The van der Waals surface area contributed by atoms with Gasteiger partial charge in [-0.2, -0.15) is 0 Å². The Morgan fingerprint density at radius 3 is 2.72 bits per heavy atom. The van der Waals surface area contributed by atoms with Gasteiger partial charge >= 0.3 is 0 Å². The zero-order chi connectivity index (χ0) is 13.0. The Hall–Kier alpha value is -1.68. The predicted octanol–water partition coefficient (Wildman–Crippen LogP) is 1.32. The minimum Gasteiger partial charge on any atom is -0.337 e. The second-order valence-corrected chi connectivity index (χ2v) is 4.53. The van der Waals surface area contributed by atoms with Crippen LogP contribution >= 0.6 is 0 Å². The van der Waals surface area contributed by atoms with E-state index >= 15 is 0 Å². The SMILES string of the molecule is CC(=O)c1cccc(C(=O)N2CCCNCC2)c1. The molecule has 0 spiro atoms. The summed E-state index contributed by atoms with van der Waals surface area (Å²) in [6, 6.07) is 6.96. The molecule has 0 aromatic heterocycles. The van der Waals surface area contributed by atoms with Crippen LogP contribution < -0.4 is 5.32 Å². The lowest BCUT2D eigenvalue weighted by Crippen LogP contribution is -2.34. The molecular weight excluding hydrogens is 228 g/mol. The fraction of sp³-hybridized carbons (Fsp3) is 0.429. The molecule has 0 radical (unpaired) electrons. The predicted molar refractivity (Wildman–Crippen MR) is 69.8 cm³/mol. The molecule has 0 aliphatic carbocycles. The molecule has 1 aliphatic heterocycles. The van der Waals surface area contributed by atoms with E-state index in [1.165, 1.54) is 6.92 Å². The third-order valence-electron chi connectivity index (χ3n) is 3.14. The van der Waals surface area contributed by atoms with E-state index in [1.54, 1.807) is 24.3 Å². The van der Waals surface area contributed by atoms with E-state index in [2.05, 4.69) is 5.32 Å². The van der Waals surface area contributed by atoms with Crippen LogP contribution in [0.1, 0.15) is 34.1 Å². The van der Waals surface area contributed by atoms with Crippen LogP contribution in [-0.4, -0.2) is 42.8 Å². The van der Waals surface area contributed by atoms with Gasteiger partial charge in [-0.25, -0.2) is 0 Å². The van der Waals surface area contributed by atoms with Gasteiger partial charge in [0.2, 0.25) is 0 Å². The maximum absolute atomic E-state index is 12.3. The van der Waals surface area contributed by atoms with E-state index in [1.807, 2.05) is 4.90 Å². The molecule has 0 saturated carbocycles. The molecule has 1 fully saturated rings. The molecule has 1 N–H and O–H groups in total. The fourth-order valence-electron chi connectivity index (χ4n) is 2.10. The van der Waals surface area contributed by atoms with Crippen molar-refractivity contribution in [3.05, 3.63) is 35.4 Å². The molecule has 2 rings (SSSR count). The van der Waals surface area contributed by atoms with Crippen LogP contribution in [-0.2, 0) is 0 Å². The number of hydrogen-bond donors (Lipinski definition) is 1. The summed E-state index contributed by atoms with van der Waals surface area (Å²) in [6.07, 6.45) is 0.970. The molecule has 0 unspecified atom stereocenters. The van der Waals surface area contributed by atoms with Crippen molar-refractivity contribution in [2.45, 2.75) is 13.3 Å². The van der Waals surface area contributed by atoms with Crippen LogP contribution in [0.15, 0.2) is 24.3 Å². The van der Waals surface area contributed by atoms with Crippen LogP contribution in [0.25, 0.3) is 0 Å². The monoisotopic (exact) mass is 246 g/mol. The van der Waals surface area contributed by atoms with Crippen molar-refractivity contribution in [2.24, 2.45) is 0 Å². The lowest BCUT2D eigenvalue weighted by Gasteiger charge is -2.20. The van der Waals surface area contributed by atoms with Gasteiger partial charge in [-0.3, -0.25) is 9.59 Å². The van der Waals surface area contributed by atoms with Crippen molar-refractivity contribution in [3.8, 4) is 0 Å². The second kappa shape index (κ2) is 5.78. The molecule has 18 heavy (non-hydrogen) atoms. The highest BCUT2D eigenvalue weighted by molar-refractivity contribution is 5.99. The summed E-state index contributed by atoms with van der Waals surface area (Å²) in [5, 5.41) is 3.27. The molecule has 1 aliphatic rings. The number of nitrogens with one attached hydrogen (secondary N) is 1. The Kier molecular flexibility index (Phi) is 4.10. The smallest absolute Gasteiger partial charge is 0.253 e. The normalized spacial score (nSPS) is 16.2. The number of amides is 1. The Labute approximate surface area is 107 Å². The molecule has 0 bridgehead atoms. The molecule has 4 nitrogen and oxygen atoms in total. The number of rotatable bonds is 2. The van der Waals surface area contributed by atoms with E-state index in [-0.39, 0.29) is 11.7 Å². The number of Topliss-reactive ketones (excluding diaryl/α,β-unsaturated/α-hetero) is 1. The van der Waals surface area contributed by atoms with E-state index < -0.39 is 0 Å². The highest BCUT2D eigenvalue weighted by Crippen LogP contribution is 2.10. The van der Waals surface area contributed by atoms with Crippen LogP contribution in [0.4, 0.5) is 0 Å². The van der Waals surface area contributed by atoms with Gasteiger partial charge < -0.3 is 10.2 Å². The van der Waals surface area contributed by atoms with Crippen LogP contribution in [0.3, 0.4) is 0 Å². The lowest BCUT2D eigenvalue weighted by atomic mass is 10.1. The summed E-state index contributed by atoms with van der Waals surface area (Å²) in [7, 11) is 0. The number of benzene rings is 1. The first-order chi connectivity index (χ1) is 8.68. The Morgan fingerprint density at radius 2 is 1.94 bits per heavy atom. The van der Waals surface area contributed by atoms with E-state index in [0.29, 0.717) is 11.1 Å².